The van der Waals surface area contributed by atoms with Crippen molar-refractivity contribution >= 4 is 11.8 Å². The number of nitrogens with one attached hydrogen (secondary N) is 1. The highest BCUT2D eigenvalue weighted by atomic mass is 32.2. The Balaban J connectivity index is 1.81. The van der Waals surface area contributed by atoms with Gasteiger partial charge in [0.05, 0.1) is 11.7 Å². The molecule has 0 aliphatic carbocycles. The van der Waals surface area contributed by atoms with E-state index in [2.05, 4.69) is 12.2 Å². The summed E-state index contributed by atoms with van der Waals surface area (Å²) in [6.07, 6.45) is 4.08. The van der Waals surface area contributed by atoms with Crippen molar-refractivity contribution in [3.8, 4) is 0 Å². The summed E-state index contributed by atoms with van der Waals surface area (Å²) in [4.78, 5) is 0. The molecule has 4 unspecified atom stereocenters. The maximum atomic E-state index is 9.39. The van der Waals surface area contributed by atoms with Crippen LogP contribution in [-0.4, -0.2) is 47.0 Å². The Morgan fingerprint density at radius 3 is 3.00 bits per heavy atom. The van der Waals surface area contributed by atoms with Crippen LogP contribution >= 0.6 is 11.8 Å². The fourth-order valence-corrected chi connectivity index (χ4v) is 4.39. The molecule has 4 atom stereocenters. The van der Waals surface area contributed by atoms with Gasteiger partial charge in [-0.15, -0.1) is 0 Å². The lowest BCUT2D eigenvalue weighted by molar-refractivity contribution is -0.0715. The summed E-state index contributed by atoms with van der Waals surface area (Å²) in [5, 5.41) is 13.0. The predicted molar refractivity (Wildman–Crippen MR) is 72.5 cm³/mol. The van der Waals surface area contributed by atoms with Crippen LogP contribution in [0.4, 0.5) is 0 Å². The van der Waals surface area contributed by atoms with E-state index >= 15 is 0 Å². The van der Waals surface area contributed by atoms with E-state index in [1.807, 2.05) is 18.7 Å². The fraction of sp³-hybridized carbons (Fsp3) is 1.00. The summed E-state index contributed by atoms with van der Waals surface area (Å²) in [6, 6.07) is 0.959. The zero-order chi connectivity index (χ0) is 12.3. The SMILES string of the molecule is CC(O)CC(C)NC1CCOC2(CCSC2)C1. The lowest BCUT2D eigenvalue weighted by Crippen LogP contribution is -2.49. The third-order valence-corrected chi connectivity index (χ3v) is 5.00. The second kappa shape index (κ2) is 5.91. The van der Waals surface area contributed by atoms with Crippen molar-refractivity contribution in [2.45, 2.75) is 63.3 Å². The van der Waals surface area contributed by atoms with Crippen molar-refractivity contribution in [2.24, 2.45) is 0 Å². The number of thioether (sulfide) groups is 1. The minimum Gasteiger partial charge on any atom is -0.393 e. The first-order valence-corrected chi connectivity index (χ1v) is 7.91. The zero-order valence-corrected chi connectivity index (χ0v) is 11.8. The molecule has 2 saturated heterocycles. The molecule has 0 radical (unpaired) electrons. The lowest BCUT2D eigenvalue weighted by Gasteiger charge is -2.39. The van der Waals surface area contributed by atoms with Gasteiger partial charge in [-0.25, -0.2) is 0 Å². The molecule has 100 valence electrons. The minimum absolute atomic E-state index is 0.158. The van der Waals surface area contributed by atoms with E-state index in [4.69, 9.17) is 4.74 Å². The second-order valence-electron chi connectivity index (χ2n) is 5.68. The van der Waals surface area contributed by atoms with E-state index in [0.29, 0.717) is 12.1 Å². The molecule has 17 heavy (non-hydrogen) atoms. The number of hydrogen-bond donors (Lipinski definition) is 2. The summed E-state index contributed by atoms with van der Waals surface area (Å²) < 4.78 is 6.01. The average Bonchev–Trinajstić information content (AvgIpc) is 2.64. The molecule has 2 N–H and O–H groups in total. The largest absolute Gasteiger partial charge is 0.393 e. The first-order valence-electron chi connectivity index (χ1n) is 6.75. The summed E-state index contributed by atoms with van der Waals surface area (Å²) >= 11 is 2.02. The van der Waals surface area contributed by atoms with Crippen LogP contribution in [0.2, 0.25) is 0 Å². The Hall–Kier alpha value is 0.230. The van der Waals surface area contributed by atoms with Crippen LogP contribution in [-0.2, 0) is 4.74 Å². The quantitative estimate of drug-likeness (QED) is 0.808. The van der Waals surface area contributed by atoms with Gasteiger partial charge in [0.15, 0.2) is 0 Å². The maximum absolute atomic E-state index is 9.39. The molecule has 1 spiro atoms. The van der Waals surface area contributed by atoms with Gasteiger partial charge < -0.3 is 15.2 Å². The standard InChI is InChI=1S/C13H25NO2S/c1-10(7-11(2)15)14-12-3-5-16-13(8-12)4-6-17-9-13/h10-12,14-15H,3-9H2,1-2H3. The van der Waals surface area contributed by atoms with Crippen molar-refractivity contribution in [2.75, 3.05) is 18.1 Å². The molecule has 2 aliphatic heterocycles. The van der Waals surface area contributed by atoms with Gasteiger partial charge in [0.25, 0.3) is 0 Å². The first kappa shape index (κ1) is 13.7. The number of aliphatic hydroxyl groups is 1. The van der Waals surface area contributed by atoms with E-state index in [-0.39, 0.29) is 11.7 Å². The summed E-state index contributed by atoms with van der Waals surface area (Å²) in [5.41, 5.74) is 0.158. The van der Waals surface area contributed by atoms with Crippen molar-refractivity contribution < 1.29 is 9.84 Å². The number of rotatable bonds is 4. The number of ether oxygens (including phenoxy) is 1. The molecule has 4 heteroatoms. The molecular formula is C13H25NO2S. The third kappa shape index (κ3) is 3.85. The number of aliphatic hydroxyl groups excluding tert-OH is 1. The van der Waals surface area contributed by atoms with Gasteiger partial charge in [0.1, 0.15) is 0 Å². The summed E-state index contributed by atoms with van der Waals surface area (Å²) in [6.45, 7) is 4.91. The normalized spacial score (nSPS) is 37.2. The highest BCUT2D eigenvalue weighted by Crippen LogP contribution is 2.38. The van der Waals surface area contributed by atoms with Crippen LogP contribution in [0.15, 0.2) is 0 Å². The molecule has 3 nitrogen and oxygen atoms in total. The molecule has 0 aromatic heterocycles. The van der Waals surface area contributed by atoms with Crippen molar-refractivity contribution in [1.82, 2.24) is 5.32 Å². The Labute approximate surface area is 109 Å². The molecule has 0 aromatic rings. The highest BCUT2D eigenvalue weighted by Gasteiger charge is 2.40. The molecule has 0 bridgehead atoms. The van der Waals surface area contributed by atoms with Crippen LogP contribution in [0.1, 0.15) is 39.5 Å². The van der Waals surface area contributed by atoms with Gasteiger partial charge in [0, 0.05) is 24.4 Å². The maximum Gasteiger partial charge on any atom is 0.0795 e. The van der Waals surface area contributed by atoms with Crippen LogP contribution in [0.3, 0.4) is 0 Å². The topological polar surface area (TPSA) is 41.5 Å². The molecule has 2 rings (SSSR count). The van der Waals surface area contributed by atoms with Crippen LogP contribution in [0.25, 0.3) is 0 Å². The van der Waals surface area contributed by atoms with E-state index in [9.17, 15) is 5.11 Å². The molecule has 2 aliphatic rings. The van der Waals surface area contributed by atoms with Gasteiger partial charge in [-0.3, -0.25) is 0 Å². The highest BCUT2D eigenvalue weighted by molar-refractivity contribution is 7.99. The van der Waals surface area contributed by atoms with Crippen molar-refractivity contribution in [1.29, 1.82) is 0 Å². The minimum atomic E-state index is -0.215. The van der Waals surface area contributed by atoms with E-state index in [1.54, 1.807) is 0 Å². The molecule has 2 heterocycles. The number of hydrogen-bond acceptors (Lipinski definition) is 4. The fourth-order valence-electron chi connectivity index (χ4n) is 3.02. The molecule has 0 aromatic carbocycles. The second-order valence-corrected chi connectivity index (χ2v) is 6.78. The predicted octanol–water partition coefficient (Wildman–Crippen LogP) is 1.79. The Kier molecular flexibility index (Phi) is 4.75. The van der Waals surface area contributed by atoms with Crippen LogP contribution < -0.4 is 5.32 Å². The molecular weight excluding hydrogens is 234 g/mol. The van der Waals surface area contributed by atoms with E-state index in [0.717, 1.165) is 31.6 Å². The van der Waals surface area contributed by atoms with Gasteiger partial charge in [0.2, 0.25) is 0 Å². The first-order chi connectivity index (χ1) is 8.10. The zero-order valence-electron chi connectivity index (χ0n) is 10.9. The van der Waals surface area contributed by atoms with Gasteiger partial charge in [-0.1, -0.05) is 0 Å². The lowest BCUT2D eigenvalue weighted by atomic mass is 9.89. The van der Waals surface area contributed by atoms with Gasteiger partial charge in [-0.2, -0.15) is 11.8 Å². The smallest absolute Gasteiger partial charge is 0.0795 e. The van der Waals surface area contributed by atoms with Crippen molar-refractivity contribution in [3.63, 3.8) is 0 Å². The molecule has 0 amide bonds. The Morgan fingerprint density at radius 1 is 1.53 bits per heavy atom. The van der Waals surface area contributed by atoms with Crippen molar-refractivity contribution in [3.05, 3.63) is 0 Å². The third-order valence-electron chi connectivity index (χ3n) is 3.77. The molecule has 0 saturated carbocycles. The average molecular weight is 259 g/mol. The molecule has 2 fully saturated rings. The van der Waals surface area contributed by atoms with E-state index in [1.165, 1.54) is 12.2 Å². The van der Waals surface area contributed by atoms with E-state index < -0.39 is 0 Å². The summed E-state index contributed by atoms with van der Waals surface area (Å²) in [7, 11) is 0. The Bertz CT molecular complexity index is 242. The Morgan fingerprint density at radius 2 is 2.35 bits per heavy atom. The summed E-state index contributed by atoms with van der Waals surface area (Å²) in [5.74, 6) is 2.41. The van der Waals surface area contributed by atoms with Crippen LogP contribution in [0.5, 0.6) is 0 Å². The van der Waals surface area contributed by atoms with Gasteiger partial charge >= 0.3 is 0 Å². The van der Waals surface area contributed by atoms with Crippen LogP contribution in [0, 0.1) is 0 Å². The monoisotopic (exact) mass is 259 g/mol. The van der Waals surface area contributed by atoms with Gasteiger partial charge in [-0.05, 0) is 45.3 Å².